The summed E-state index contributed by atoms with van der Waals surface area (Å²) in [6, 6.07) is 9.95. The number of hydrogen-bond acceptors (Lipinski definition) is 2. The summed E-state index contributed by atoms with van der Waals surface area (Å²) in [7, 11) is 0. The molecule has 20 heavy (non-hydrogen) atoms. The number of rotatable bonds is 6. The van der Waals surface area contributed by atoms with Gasteiger partial charge in [-0.05, 0) is 32.3 Å². The van der Waals surface area contributed by atoms with Crippen LogP contribution in [0.3, 0.4) is 0 Å². The molecule has 110 valence electrons. The third-order valence-corrected chi connectivity index (χ3v) is 4.62. The Morgan fingerprint density at radius 2 is 1.90 bits per heavy atom. The predicted octanol–water partition coefficient (Wildman–Crippen LogP) is 2.58. The van der Waals surface area contributed by atoms with Crippen molar-refractivity contribution in [2.75, 3.05) is 13.1 Å². The van der Waals surface area contributed by atoms with Gasteiger partial charge >= 0.3 is 0 Å². The lowest BCUT2D eigenvalue weighted by molar-refractivity contribution is -0.134. The van der Waals surface area contributed by atoms with E-state index in [9.17, 15) is 9.90 Å². The number of likely N-dealkylation sites (N-methyl/N-ethyl adjacent to an activating group) is 1. The molecule has 1 N–H and O–H groups in total. The molecule has 3 nitrogen and oxygen atoms in total. The third kappa shape index (κ3) is 2.35. The number of aliphatic hydroxyl groups excluding tert-OH is 1. The molecule has 1 fully saturated rings. The monoisotopic (exact) mass is 275 g/mol. The molecule has 0 heterocycles. The fourth-order valence-electron chi connectivity index (χ4n) is 3.27. The fraction of sp³-hybridized carbons (Fsp3) is 0.588. The van der Waals surface area contributed by atoms with Crippen molar-refractivity contribution in [1.29, 1.82) is 0 Å². The maximum absolute atomic E-state index is 12.9. The van der Waals surface area contributed by atoms with Crippen molar-refractivity contribution in [3.63, 3.8) is 0 Å². The van der Waals surface area contributed by atoms with E-state index >= 15 is 0 Å². The second kappa shape index (κ2) is 5.96. The minimum atomic E-state index is -0.497. The number of amides is 1. The van der Waals surface area contributed by atoms with E-state index in [1.54, 1.807) is 0 Å². The van der Waals surface area contributed by atoms with E-state index in [-0.39, 0.29) is 11.8 Å². The van der Waals surface area contributed by atoms with Crippen LogP contribution in [0.15, 0.2) is 30.3 Å². The van der Waals surface area contributed by atoms with Crippen LogP contribution in [0, 0.1) is 5.92 Å². The van der Waals surface area contributed by atoms with Crippen LogP contribution < -0.4 is 0 Å². The first-order chi connectivity index (χ1) is 9.61. The SMILES string of the molecule is CC[C@@H](O)[C@@H]1C[C@@]1(C(=O)N(CC)CC)c1ccccc1. The van der Waals surface area contributed by atoms with Gasteiger partial charge in [0.2, 0.25) is 5.91 Å². The first-order valence-electron chi connectivity index (χ1n) is 7.64. The highest BCUT2D eigenvalue weighted by atomic mass is 16.3. The summed E-state index contributed by atoms with van der Waals surface area (Å²) in [6.07, 6.45) is 1.07. The molecule has 1 aliphatic rings. The maximum atomic E-state index is 12.9. The summed E-state index contributed by atoms with van der Waals surface area (Å²) < 4.78 is 0. The van der Waals surface area contributed by atoms with E-state index in [4.69, 9.17) is 0 Å². The Morgan fingerprint density at radius 1 is 1.30 bits per heavy atom. The van der Waals surface area contributed by atoms with Crippen LogP contribution in [0.25, 0.3) is 0 Å². The normalized spacial score (nSPS) is 26.1. The molecule has 0 unspecified atom stereocenters. The summed E-state index contributed by atoms with van der Waals surface area (Å²) in [5.74, 6) is 0.231. The van der Waals surface area contributed by atoms with Gasteiger partial charge in [0, 0.05) is 19.0 Å². The Hall–Kier alpha value is -1.35. The molecule has 3 atom stereocenters. The van der Waals surface area contributed by atoms with Gasteiger partial charge in [0.15, 0.2) is 0 Å². The average Bonchev–Trinajstić information content (AvgIpc) is 3.25. The Morgan fingerprint density at radius 3 is 2.40 bits per heavy atom. The zero-order valence-corrected chi connectivity index (χ0v) is 12.7. The number of hydrogen-bond donors (Lipinski definition) is 1. The molecule has 0 bridgehead atoms. The van der Waals surface area contributed by atoms with Gasteiger partial charge in [0.1, 0.15) is 0 Å². The van der Waals surface area contributed by atoms with E-state index < -0.39 is 11.5 Å². The first kappa shape index (κ1) is 15.0. The second-order valence-electron chi connectivity index (χ2n) is 5.60. The van der Waals surface area contributed by atoms with Crippen molar-refractivity contribution in [2.24, 2.45) is 5.92 Å². The van der Waals surface area contributed by atoms with Gasteiger partial charge in [-0.25, -0.2) is 0 Å². The van der Waals surface area contributed by atoms with E-state index in [1.807, 2.05) is 56.0 Å². The minimum absolute atomic E-state index is 0.0583. The lowest BCUT2D eigenvalue weighted by Crippen LogP contribution is -2.41. The fourth-order valence-corrected chi connectivity index (χ4v) is 3.27. The van der Waals surface area contributed by atoms with Crippen LogP contribution in [0.4, 0.5) is 0 Å². The molecule has 1 aromatic carbocycles. The van der Waals surface area contributed by atoms with Gasteiger partial charge in [-0.3, -0.25) is 4.79 Å². The van der Waals surface area contributed by atoms with Crippen molar-refractivity contribution in [3.8, 4) is 0 Å². The van der Waals surface area contributed by atoms with E-state index in [2.05, 4.69) is 0 Å². The molecule has 0 aromatic heterocycles. The number of aliphatic hydroxyl groups is 1. The van der Waals surface area contributed by atoms with Gasteiger partial charge in [0.25, 0.3) is 0 Å². The summed E-state index contributed by atoms with van der Waals surface area (Å²) in [5, 5.41) is 10.2. The molecule has 1 amide bonds. The highest BCUT2D eigenvalue weighted by Crippen LogP contribution is 2.57. The molecule has 0 radical (unpaired) electrons. The quantitative estimate of drug-likeness (QED) is 0.867. The van der Waals surface area contributed by atoms with Crippen LogP contribution >= 0.6 is 0 Å². The van der Waals surface area contributed by atoms with Crippen LogP contribution in [0.5, 0.6) is 0 Å². The average molecular weight is 275 g/mol. The number of nitrogens with zero attached hydrogens (tertiary/aromatic N) is 1. The predicted molar refractivity (Wildman–Crippen MR) is 80.5 cm³/mol. The van der Waals surface area contributed by atoms with Crippen LogP contribution in [0.2, 0.25) is 0 Å². The van der Waals surface area contributed by atoms with Crippen molar-refractivity contribution in [2.45, 2.75) is 45.1 Å². The molecular weight excluding hydrogens is 250 g/mol. The van der Waals surface area contributed by atoms with Crippen molar-refractivity contribution in [3.05, 3.63) is 35.9 Å². The Bertz CT molecular complexity index is 455. The zero-order chi connectivity index (χ0) is 14.8. The van der Waals surface area contributed by atoms with Crippen molar-refractivity contribution < 1.29 is 9.90 Å². The van der Waals surface area contributed by atoms with E-state index in [0.717, 1.165) is 25.1 Å². The Kier molecular flexibility index (Phi) is 4.48. The highest BCUT2D eigenvalue weighted by Gasteiger charge is 2.63. The summed E-state index contributed by atoms with van der Waals surface area (Å²) in [4.78, 5) is 14.8. The first-order valence-corrected chi connectivity index (χ1v) is 7.64. The minimum Gasteiger partial charge on any atom is -0.393 e. The molecule has 1 aromatic rings. The van der Waals surface area contributed by atoms with E-state index in [1.165, 1.54) is 0 Å². The van der Waals surface area contributed by atoms with Crippen LogP contribution in [-0.4, -0.2) is 35.1 Å². The lowest BCUT2D eigenvalue weighted by atomic mass is 9.89. The Labute approximate surface area is 121 Å². The molecule has 3 heteroatoms. The molecule has 0 saturated heterocycles. The molecule has 0 spiro atoms. The van der Waals surface area contributed by atoms with Gasteiger partial charge in [-0.2, -0.15) is 0 Å². The number of carbonyl (C=O) groups excluding carboxylic acids is 1. The molecule has 1 saturated carbocycles. The van der Waals surface area contributed by atoms with Crippen molar-refractivity contribution >= 4 is 5.91 Å². The van der Waals surface area contributed by atoms with Crippen molar-refractivity contribution in [1.82, 2.24) is 4.90 Å². The van der Waals surface area contributed by atoms with Gasteiger partial charge in [-0.1, -0.05) is 37.3 Å². The summed E-state index contributed by atoms with van der Waals surface area (Å²) >= 11 is 0. The smallest absolute Gasteiger partial charge is 0.233 e. The molecule has 2 rings (SSSR count). The van der Waals surface area contributed by atoms with E-state index in [0.29, 0.717) is 6.42 Å². The maximum Gasteiger partial charge on any atom is 0.233 e. The molecule has 0 aliphatic heterocycles. The topological polar surface area (TPSA) is 40.5 Å². The molecule has 1 aliphatic carbocycles. The number of carbonyl (C=O) groups is 1. The highest BCUT2D eigenvalue weighted by molar-refractivity contribution is 5.92. The number of benzene rings is 1. The standard InChI is InChI=1S/C17H25NO2/c1-4-15(19)14-12-17(14,13-10-8-7-9-11-13)16(20)18(5-2)6-3/h7-11,14-15,19H,4-6,12H2,1-3H3/t14-,15+,17+/m0/s1. The van der Waals surface area contributed by atoms with Crippen LogP contribution in [-0.2, 0) is 10.2 Å². The van der Waals surface area contributed by atoms with Crippen LogP contribution in [0.1, 0.15) is 39.2 Å². The lowest BCUT2D eigenvalue weighted by Gasteiger charge is -2.27. The van der Waals surface area contributed by atoms with Gasteiger partial charge < -0.3 is 10.0 Å². The summed E-state index contributed by atoms with van der Waals surface area (Å²) in [5.41, 5.74) is 0.553. The second-order valence-corrected chi connectivity index (χ2v) is 5.60. The third-order valence-electron chi connectivity index (χ3n) is 4.62. The Balaban J connectivity index is 2.35. The van der Waals surface area contributed by atoms with Gasteiger partial charge in [0.05, 0.1) is 11.5 Å². The van der Waals surface area contributed by atoms with Gasteiger partial charge in [-0.15, -0.1) is 0 Å². The molecular formula is C17H25NO2. The zero-order valence-electron chi connectivity index (χ0n) is 12.7. The largest absolute Gasteiger partial charge is 0.393 e. The summed E-state index contributed by atoms with van der Waals surface area (Å²) in [6.45, 7) is 7.43.